The molecule has 0 amide bonds. The van der Waals surface area contributed by atoms with Gasteiger partial charge in [0.15, 0.2) is 0 Å². The van der Waals surface area contributed by atoms with Gasteiger partial charge in [0.1, 0.15) is 0 Å². The van der Waals surface area contributed by atoms with Gasteiger partial charge in [-0.3, -0.25) is 0 Å². The van der Waals surface area contributed by atoms with Crippen molar-refractivity contribution in [3.8, 4) is 0 Å². The molecule has 86 valence electrons. The Morgan fingerprint density at radius 2 is 2.19 bits per heavy atom. The average Bonchev–Trinajstić information content (AvgIpc) is 2.28. The first kappa shape index (κ1) is 12.8. The van der Waals surface area contributed by atoms with Crippen LogP contribution in [-0.4, -0.2) is 17.9 Å². The molecule has 0 saturated heterocycles. The lowest BCUT2D eigenvalue weighted by molar-refractivity contribution is 0.0526. The summed E-state index contributed by atoms with van der Waals surface area (Å²) in [5.41, 5.74) is 2.67. The summed E-state index contributed by atoms with van der Waals surface area (Å²) in [5, 5.41) is 1.64. The van der Waals surface area contributed by atoms with Gasteiger partial charge in [0, 0.05) is 5.37 Å². The molecule has 1 aromatic carbocycles. The van der Waals surface area contributed by atoms with Crippen molar-refractivity contribution in [2.75, 3.05) is 6.61 Å². The molecule has 0 aliphatic carbocycles. The van der Waals surface area contributed by atoms with E-state index in [-0.39, 0.29) is 5.97 Å². The zero-order valence-corrected chi connectivity index (χ0v) is 10.6. The van der Waals surface area contributed by atoms with E-state index < -0.39 is 0 Å². The topological polar surface area (TPSA) is 26.3 Å². The molecule has 0 aliphatic heterocycles. The van der Waals surface area contributed by atoms with Crippen molar-refractivity contribution < 1.29 is 9.53 Å². The zero-order valence-electron chi connectivity index (χ0n) is 9.82. The lowest BCUT2D eigenvalue weighted by Crippen LogP contribution is -2.06. The first-order valence-corrected chi connectivity index (χ1v) is 5.83. The number of benzene rings is 1. The molecule has 0 radical (unpaired) electrons. The molecule has 0 aliphatic rings. The number of rotatable bonds is 4. The third-order valence-electron chi connectivity index (χ3n) is 2.35. The van der Waals surface area contributed by atoms with Crippen LogP contribution in [0.15, 0.2) is 18.2 Å². The summed E-state index contributed by atoms with van der Waals surface area (Å²) in [6.45, 7) is 6.34. The summed E-state index contributed by atoms with van der Waals surface area (Å²) in [4.78, 5) is 11.6. The van der Waals surface area contributed by atoms with Gasteiger partial charge in [-0.05, 0) is 36.1 Å². The summed E-state index contributed by atoms with van der Waals surface area (Å²) in [7, 11) is 0. The van der Waals surface area contributed by atoms with E-state index in [2.05, 4.69) is 13.8 Å². The normalized spacial score (nSPS) is 10.2. The largest absolute Gasteiger partial charge is 0.462 e. The van der Waals surface area contributed by atoms with Crippen LogP contribution in [0.4, 0.5) is 0 Å². The Morgan fingerprint density at radius 1 is 1.50 bits per heavy atom. The lowest BCUT2D eigenvalue weighted by Gasteiger charge is -2.11. The molecule has 1 aromatic rings. The molecule has 0 unspecified atom stereocenters. The van der Waals surface area contributed by atoms with E-state index in [1.54, 1.807) is 18.4 Å². The zero-order chi connectivity index (χ0) is 12.1. The van der Waals surface area contributed by atoms with Crippen molar-refractivity contribution >= 4 is 23.6 Å². The lowest BCUT2D eigenvalue weighted by atomic mass is 9.96. The SMILES string of the molecule is CCOC(=O)c1ccc(C=S)c(C(C)C)c1. The Hall–Kier alpha value is -1.22. The summed E-state index contributed by atoms with van der Waals surface area (Å²) in [6.07, 6.45) is 0. The summed E-state index contributed by atoms with van der Waals surface area (Å²) in [6, 6.07) is 5.48. The Kier molecular flexibility index (Phi) is 4.62. The van der Waals surface area contributed by atoms with E-state index in [0.717, 1.165) is 11.1 Å². The second-order valence-electron chi connectivity index (χ2n) is 3.84. The maximum Gasteiger partial charge on any atom is 0.338 e. The second kappa shape index (κ2) is 5.75. The van der Waals surface area contributed by atoms with Crippen LogP contribution in [-0.2, 0) is 4.74 Å². The number of thiocarbonyl (C=S) groups is 1. The quantitative estimate of drug-likeness (QED) is 0.592. The molecule has 1 rings (SSSR count). The fourth-order valence-electron chi connectivity index (χ4n) is 1.52. The minimum Gasteiger partial charge on any atom is -0.462 e. The van der Waals surface area contributed by atoms with Gasteiger partial charge in [0.05, 0.1) is 12.2 Å². The van der Waals surface area contributed by atoms with Gasteiger partial charge in [0.2, 0.25) is 0 Å². The Bertz CT molecular complexity index is 397. The number of ether oxygens (including phenoxy) is 1. The Balaban J connectivity index is 3.11. The standard InChI is InChI=1S/C13H16O2S/c1-4-15-13(14)10-5-6-11(8-16)12(7-10)9(2)3/h5-9H,4H2,1-3H3. The second-order valence-corrected chi connectivity index (χ2v) is 4.07. The fourth-order valence-corrected chi connectivity index (χ4v) is 1.74. The molecule has 0 spiro atoms. The van der Waals surface area contributed by atoms with Crippen molar-refractivity contribution in [1.29, 1.82) is 0 Å². The van der Waals surface area contributed by atoms with Crippen molar-refractivity contribution in [3.63, 3.8) is 0 Å². The third-order valence-corrected chi connectivity index (χ3v) is 2.60. The molecular formula is C13H16O2S. The first-order chi connectivity index (χ1) is 7.60. The predicted octanol–water partition coefficient (Wildman–Crippen LogP) is 3.33. The molecule has 0 N–H and O–H groups in total. The molecule has 0 bridgehead atoms. The molecule has 16 heavy (non-hydrogen) atoms. The Labute approximate surface area is 102 Å². The minimum absolute atomic E-state index is 0.277. The van der Waals surface area contributed by atoms with Crippen molar-refractivity contribution in [1.82, 2.24) is 0 Å². The fraction of sp³-hybridized carbons (Fsp3) is 0.385. The Morgan fingerprint density at radius 3 is 2.69 bits per heavy atom. The maximum atomic E-state index is 11.6. The van der Waals surface area contributed by atoms with Gasteiger partial charge in [-0.25, -0.2) is 4.79 Å². The van der Waals surface area contributed by atoms with Gasteiger partial charge in [-0.1, -0.05) is 32.1 Å². The number of hydrogen-bond donors (Lipinski definition) is 0. The summed E-state index contributed by atoms with van der Waals surface area (Å²) >= 11 is 4.94. The molecule has 2 nitrogen and oxygen atoms in total. The molecular weight excluding hydrogens is 220 g/mol. The van der Waals surface area contributed by atoms with E-state index in [0.29, 0.717) is 18.1 Å². The monoisotopic (exact) mass is 236 g/mol. The van der Waals surface area contributed by atoms with Crippen molar-refractivity contribution in [2.24, 2.45) is 0 Å². The highest BCUT2D eigenvalue weighted by Crippen LogP contribution is 2.20. The third kappa shape index (κ3) is 2.89. The average molecular weight is 236 g/mol. The maximum absolute atomic E-state index is 11.6. The highest BCUT2D eigenvalue weighted by molar-refractivity contribution is 7.79. The first-order valence-electron chi connectivity index (χ1n) is 5.36. The van der Waals surface area contributed by atoms with Crippen molar-refractivity contribution in [2.45, 2.75) is 26.7 Å². The number of carbonyl (C=O) groups excluding carboxylic acids is 1. The van der Waals surface area contributed by atoms with Crippen LogP contribution < -0.4 is 0 Å². The van der Waals surface area contributed by atoms with E-state index in [1.807, 2.05) is 12.1 Å². The molecule has 0 heterocycles. The van der Waals surface area contributed by atoms with Gasteiger partial charge in [-0.2, -0.15) is 0 Å². The van der Waals surface area contributed by atoms with E-state index in [1.165, 1.54) is 0 Å². The molecule has 0 atom stereocenters. The molecule has 0 fully saturated rings. The van der Waals surface area contributed by atoms with E-state index in [4.69, 9.17) is 17.0 Å². The summed E-state index contributed by atoms with van der Waals surface area (Å²) < 4.78 is 4.96. The minimum atomic E-state index is -0.277. The van der Waals surface area contributed by atoms with Gasteiger partial charge >= 0.3 is 5.97 Å². The highest BCUT2D eigenvalue weighted by atomic mass is 32.1. The highest BCUT2D eigenvalue weighted by Gasteiger charge is 2.11. The van der Waals surface area contributed by atoms with Crippen LogP contribution in [0.25, 0.3) is 0 Å². The van der Waals surface area contributed by atoms with Gasteiger partial charge in [0.25, 0.3) is 0 Å². The molecule has 3 heteroatoms. The smallest absolute Gasteiger partial charge is 0.338 e. The van der Waals surface area contributed by atoms with Crippen LogP contribution in [0, 0.1) is 0 Å². The van der Waals surface area contributed by atoms with Crippen LogP contribution in [0.3, 0.4) is 0 Å². The molecule has 0 saturated carbocycles. The number of carbonyl (C=O) groups is 1. The van der Waals surface area contributed by atoms with E-state index >= 15 is 0 Å². The van der Waals surface area contributed by atoms with Crippen LogP contribution in [0.2, 0.25) is 0 Å². The van der Waals surface area contributed by atoms with Gasteiger partial charge < -0.3 is 4.74 Å². The van der Waals surface area contributed by atoms with Crippen LogP contribution >= 0.6 is 12.2 Å². The van der Waals surface area contributed by atoms with Gasteiger partial charge in [-0.15, -0.1) is 0 Å². The van der Waals surface area contributed by atoms with Crippen LogP contribution in [0.5, 0.6) is 0 Å². The predicted molar refractivity (Wildman–Crippen MR) is 69.2 cm³/mol. The van der Waals surface area contributed by atoms with Crippen LogP contribution in [0.1, 0.15) is 48.2 Å². The van der Waals surface area contributed by atoms with E-state index in [9.17, 15) is 4.79 Å². The van der Waals surface area contributed by atoms with Crippen molar-refractivity contribution in [3.05, 3.63) is 34.9 Å². The molecule has 0 aromatic heterocycles. The number of hydrogen-bond acceptors (Lipinski definition) is 3. The number of esters is 1. The summed E-state index contributed by atoms with van der Waals surface area (Å²) in [5.74, 6) is 0.0592.